The van der Waals surface area contributed by atoms with Crippen molar-refractivity contribution in [2.24, 2.45) is 0 Å². The van der Waals surface area contributed by atoms with Crippen molar-refractivity contribution >= 4 is 15.9 Å². The van der Waals surface area contributed by atoms with E-state index in [0.29, 0.717) is 12.1 Å². The van der Waals surface area contributed by atoms with Crippen LogP contribution in [0, 0.1) is 5.82 Å². The largest absolute Gasteiger partial charge is 0.508 e. The number of hydrogen-bond acceptors (Lipinski definition) is 2. The van der Waals surface area contributed by atoms with E-state index in [1.54, 1.807) is 0 Å². The first-order valence-corrected chi connectivity index (χ1v) is 5.35. The van der Waals surface area contributed by atoms with Gasteiger partial charge in [0, 0.05) is 22.6 Å². The summed E-state index contributed by atoms with van der Waals surface area (Å²) in [7, 11) is 0. The van der Waals surface area contributed by atoms with Crippen LogP contribution in [0.1, 0.15) is 18.5 Å². The summed E-state index contributed by atoms with van der Waals surface area (Å²) in [5.41, 5.74) is 0.545. The molecule has 82 valence electrons. The van der Waals surface area contributed by atoms with Crippen LogP contribution in [-0.4, -0.2) is 11.7 Å². The summed E-state index contributed by atoms with van der Waals surface area (Å²) in [5, 5.41) is 12.6. The lowest BCUT2D eigenvalue weighted by molar-refractivity contribution is 0.452. The molecule has 15 heavy (non-hydrogen) atoms. The third-order valence-electron chi connectivity index (χ3n) is 2.06. The Morgan fingerprint density at radius 2 is 2.33 bits per heavy atom. The molecular weight excluding hydrogens is 261 g/mol. The highest BCUT2D eigenvalue weighted by Gasteiger charge is 2.10. The first kappa shape index (κ1) is 12.2. The first-order chi connectivity index (χ1) is 7.00. The van der Waals surface area contributed by atoms with Crippen LogP contribution in [0.5, 0.6) is 5.75 Å². The quantitative estimate of drug-likeness (QED) is 0.884. The van der Waals surface area contributed by atoms with E-state index in [-0.39, 0.29) is 17.6 Å². The zero-order valence-electron chi connectivity index (χ0n) is 8.43. The van der Waals surface area contributed by atoms with Crippen LogP contribution in [0.3, 0.4) is 0 Å². The van der Waals surface area contributed by atoms with Gasteiger partial charge in [-0.1, -0.05) is 22.5 Å². The Labute approximate surface area is 96.9 Å². The monoisotopic (exact) mass is 273 g/mol. The molecular formula is C11H13BrFNO. The first-order valence-electron chi connectivity index (χ1n) is 4.55. The van der Waals surface area contributed by atoms with Crippen LogP contribution < -0.4 is 5.32 Å². The van der Waals surface area contributed by atoms with Crippen molar-refractivity contribution in [2.75, 3.05) is 6.54 Å². The number of halogens is 2. The molecule has 0 bridgehead atoms. The van der Waals surface area contributed by atoms with Crippen LogP contribution in [-0.2, 0) is 0 Å². The van der Waals surface area contributed by atoms with Crippen LogP contribution in [0.15, 0.2) is 29.3 Å². The summed E-state index contributed by atoms with van der Waals surface area (Å²) in [6.07, 6.45) is 0. The van der Waals surface area contributed by atoms with E-state index in [0.717, 1.165) is 4.48 Å². The zero-order chi connectivity index (χ0) is 11.4. The highest BCUT2D eigenvalue weighted by molar-refractivity contribution is 9.11. The number of aromatic hydroxyl groups is 1. The molecule has 2 N–H and O–H groups in total. The molecule has 0 aliphatic carbocycles. The smallest absolute Gasteiger partial charge is 0.123 e. The van der Waals surface area contributed by atoms with Crippen molar-refractivity contribution in [2.45, 2.75) is 13.0 Å². The summed E-state index contributed by atoms with van der Waals surface area (Å²) < 4.78 is 13.8. The zero-order valence-corrected chi connectivity index (χ0v) is 10.0. The second kappa shape index (κ2) is 5.28. The van der Waals surface area contributed by atoms with Gasteiger partial charge in [0.1, 0.15) is 11.6 Å². The highest BCUT2D eigenvalue weighted by Crippen LogP contribution is 2.24. The minimum atomic E-state index is -0.353. The number of phenols is 1. The molecule has 4 heteroatoms. The molecule has 1 aromatic rings. The van der Waals surface area contributed by atoms with E-state index in [9.17, 15) is 9.50 Å². The van der Waals surface area contributed by atoms with Crippen molar-refractivity contribution in [3.8, 4) is 5.75 Å². The lowest BCUT2D eigenvalue weighted by Crippen LogP contribution is -2.19. The van der Waals surface area contributed by atoms with Crippen molar-refractivity contribution in [3.63, 3.8) is 0 Å². The summed E-state index contributed by atoms with van der Waals surface area (Å²) in [6.45, 7) is 6.10. The van der Waals surface area contributed by atoms with E-state index >= 15 is 0 Å². The molecule has 0 fully saturated rings. The van der Waals surface area contributed by atoms with Crippen LogP contribution >= 0.6 is 15.9 Å². The predicted octanol–water partition coefficient (Wildman–Crippen LogP) is 3.09. The van der Waals surface area contributed by atoms with E-state index in [2.05, 4.69) is 27.8 Å². The number of rotatable bonds is 4. The fraction of sp³-hybridized carbons (Fsp3) is 0.273. The Balaban J connectivity index is 2.76. The summed E-state index contributed by atoms with van der Waals surface area (Å²) in [6, 6.07) is 3.78. The minimum absolute atomic E-state index is 0.0941. The normalized spacial score (nSPS) is 12.5. The Bertz CT molecular complexity index is 368. The molecule has 0 aliphatic heterocycles. The summed E-state index contributed by atoms with van der Waals surface area (Å²) in [5.74, 6) is -0.259. The maximum Gasteiger partial charge on any atom is 0.123 e. The van der Waals surface area contributed by atoms with Gasteiger partial charge in [0.25, 0.3) is 0 Å². The van der Waals surface area contributed by atoms with Crippen LogP contribution in [0.2, 0.25) is 0 Å². The van der Waals surface area contributed by atoms with E-state index in [1.807, 2.05) is 6.92 Å². The molecule has 0 heterocycles. The van der Waals surface area contributed by atoms with Gasteiger partial charge in [-0.2, -0.15) is 0 Å². The molecule has 0 aromatic heterocycles. The van der Waals surface area contributed by atoms with Crippen molar-refractivity contribution in [1.29, 1.82) is 0 Å². The van der Waals surface area contributed by atoms with E-state index in [4.69, 9.17) is 0 Å². The molecule has 1 rings (SSSR count). The molecule has 0 saturated heterocycles. The molecule has 1 atom stereocenters. The fourth-order valence-electron chi connectivity index (χ4n) is 1.25. The molecule has 2 nitrogen and oxygen atoms in total. The lowest BCUT2D eigenvalue weighted by Gasteiger charge is -2.15. The van der Waals surface area contributed by atoms with Gasteiger partial charge in [0.05, 0.1) is 0 Å². The Morgan fingerprint density at radius 3 is 2.93 bits per heavy atom. The van der Waals surface area contributed by atoms with Gasteiger partial charge >= 0.3 is 0 Å². The maximum atomic E-state index is 12.9. The highest BCUT2D eigenvalue weighted by atomic mass is 79.9. The Morgan fingerprint density at radius 1 is 1.67 bits per heavy atom. The van der Waals surface area contributed by atoms with Gasteiger partial charge in [-0.05, 0) is 25.1 Å². The number of hydrogen-bond donors (Lipinski definition) is 2. The number of nitrogens with one attached hydrogen (secondary N) is 1. The average Bonchev–Trinajstić information content (AvgIpc) is 2.18. The van der Waals surface area contributed by atoms with Crippen molar-refractivity contribution in [3.05, 3.63) is 40.6 Å². The Hall–Kier alpha value is -0.870. The maximum absolute atomic E-state index is 12.9. The molecule has 1 unspecified atom stereocenters. The molecule has 0 aliphatic rings. The lowest BCUT2D eigenvalue weighted by atomic mass is 10.1. The van der Waals surface area contributed by atoms with Gasteiger partial charge < -0.3 is 10.4 Å². The van der Waals surface area contributed by atoms with Crippen LogP contribution in [0.25, 0.3) is 0 Å². The summed E-state index contributed by atoms with van der Waals surface area (Å²) >= 11 is 3.21. The van der Waals surface area contributed by atoms with Crippen molar-refractivity contribution < 1.29 is 9.50 Å². The summed E-state index contributed by atoms with van der Waals surface area (Å²) in [4.78, 5) is 0. The molecule has 0 amide bonds. The SMILES string of the molecule is C=C(Br)CNC(C)c1cc(F)ccc1O. The third kappa shape index (κ3) is 3.64. The Kier molecular flexibility index (Phi) is 4.29. The van der Waals surface area contributed by atoms with E-state index in [1.165, 1.54) is 18.2 Å². The topological polar surface area (TPSA) is 32.3 Å². The van der Waals surface area contributed by atoms with Crippen LogP contribution in [0.4, 0.5) is 4.39 Å². The molecule has 0 radical (unpaired) electrons. The second-order valence-corrected chi connectivity index (χ2v) is 4.44. The standard InChI is InChI=1S/C11H13BrFNO/c1-7(12)6-14-8(2)10-5-9(13)3-4-11(10)15/h3-5,8,14-15H,1,6H2,2H3. The van der Waals surface area contributed by atoms with Gasteiger partial charge in [0.15, 0.2) is 0 Å². The second-order valence-electron chi connectivity index (χ2n) is 3.32. The van der Waals surface area contributed by atoms with Gasteiger partial charge in [-0.3, -0.25) is 0 Å². The molecule has 0 spiro atoms. The average molecular weight is 274 g/mol. The van der Waals surface area contributed by atoms with Gasteiger partial charge in [-0.15, -0.1) is 0 Å². The van der Waals surface area contributed by atoms with Gasteiger partial charge in [-0.25, -0.2) is 4.39 Å². The predicted molar refractivity (Wildman–Crippen MR) is 62.5 cm³/mol. The van der Waals surface area contributed by atoms with Crippen molar-refractivity contribution in [1.82, 2.24) is 5.32 Å². The third-order valence-corrected chi connectivity index (χ3v) is 2.34. The van der Waals surface area contributed by atoms with E-state index < -0.39 is 0 Å². The fourth-order valence-corrected chi connectivity index (χ4v) is 1.41. The molecule has 0 saturated carbocycles. The van der Waals surface area contributed by atoms with Gasteiger partial charge in [0.2, 0.25) is 0 Å². The minimum Gasteiger partial charge on any atom is -0.508 e. The molecule has 1 aromatic carbocycles. The number of benzene rings is 1. The number of phenolic OH excluding ortho intramolecular Hbond substituents is 1.